The summed E-state index contributed by atoms with van der Waals surface area (Å²) in [4.78, 5) is 0. The van der Waals surface area contributed by atoms with Gasteiger partial charge in [-0.3, -0.25) is 0 Å². The largest absolute Gasteiger partial charge is 0.488 e. The van der Waals surface area contributed by atoms with E-state index in [1.165, 1.54) is 0 Å². The first-order valence-electron chi connectivity index (χ1n) is 9.53. The standard InChI is InChI=1S/C21H32O4Si/c1-15-17(25-26(5,6)21(2,3)4)12-13-18-19(23-15)14-22-20(24-18)16-10-8-7-9-11-16/h7-11,17-20H,1,12-14H2,2-6H3/t17-,18+,19-,20-/m1/s1. The molecule has 0 aromatic heterocycles. The first-order chi connectivity index (χ1) is 12.2. The van der Waals surface area contributed by atoms with E-state index in [1.807, 2.05) is 30.3 Å². The lowest BCUT2D eigenvalue weighted by Crippen LogP contribution is -2.44. The van der Waals surface area contributed by atoms with Gasteiger partial charge in [0.25, 0.3) is 0 Å². The summed E-state index contributed by atoms with van der Waals surface area (Å²) in [5.41, 5.74) is 1.04. The second-order valence-corrected chi connectivity index (χ2v) is 13.6. The predicted molar refractivity (Wildman–Crippen MR) is 105 cm³/mol. The molecule has 0 aliphatic carbocycles. The average molecular weight is 377 g/mol. The molecule has 2 aliphatic rings. The highest BCUT2D eigenvalue weighted by atomic mass is 28.4. The lowest BCUT2D eigenvalue weighted by Gasteiger charge is -2.39. The average Bonchev–Trinajstić information content (AvgIpc) is 2.73. The molecule has 2 heterocycles. The maximum atomic E-state index is 6.57. The second kappa shape index (κ2) is 7.47. The Hall–Kier alpha value is -1.14. The molecule has 0 bridgehead atoms. The molecule has 0 saturated carbocycles. The van der Waals surface area contributed by atoms with Crippen LogP contribution in [-0.2, 0) is 18.6 Å². The summed E-state index contributed by atoms with van der Waals surface area (Å²) in [5.74, 6) is 0.715. The third-order valence-electron chi connectivity index (χ3n) is 5.81. The Labute approximate surface area is 158 Å². The van der Waals surface area contributed by atoms with Gasteiger partial charge in [0.05, 0.1) is 6.61 Å². The van der Waals surface area contributed by atoms with Crippen molar-refractivity contribution in [2.75, 3.05) is 6.61 Å². The van der Waals surface area contributed by atoms with Crippen molar-refractivity contribution in [1.82, 2.24) is 0 Å². The highest BCUT2D eigenvalue weighted by Gasteiger charge is 2.43. The third-order valence-corrected chi connectivity index (χ3v) is 10.3. The van der Waals surface area contributed by atoms with E-state index in [9.17, 15) is 0 Å². The minimum Gasteiger partial charge on any atom is -0.488 e. The van der Waals surface area contributed by atoms with Crippen LogP contribution >= 0.6 is 0 Å². The number of hydrogen-bond acceptors (Lipinski definition) is 4. The van der Waals surface area contributed by atoms with Crippen LogP contribution in [0.5, 0.6) is 0 Å². The van der Waals surface area contributed by atoms with E-state index in [0.717, 1.165) is 18.4 Å². The van der Waals surface area contributed by atoms with Crippen LogP contribution in [-0.4, -0.2) is 33.2 Å². The minimum absolute atomic E-state index is 0.00118. The Morgan fingerprint density at radius 3 is 2.42 bits per heavy atom. The lowest BCUT2D eigenvalue weighted by atomic mass is 10.1. The van der Waals surface area contributed by atoms with Crippen LogP contribution < -0.4 is 0 Å². The van der Waals surface area contributed by atoms with Gasteiger partial charge in [-0.05, 0) is 31.0 Å². The summed E-state index contributed by atoms with van der Waals surface area (Å²) in [6.07, 6.45) is 1.24. The van der Waals surface area contributed by atoms with E-state index in [4.69, 9.17) is 18.6 Å². The molecule has 144 valence electrons. The van der Waals surface area contributed by atoms with Crippen LogP contribution in [0.15, 0.2) is 42.7 Å². The number of rotatable bonds is 3. The van der Waals surface area contributed by atoms with Crippen LogP contribution in [0.1, 0.15) is 45.5 Å². The van der Waals surface area contributed by atoms with E-state index >= 15 is 0 Å². The van der Waals surface area contributed by atoms with E-state index in [0.29, 0.717) is 12.4 Å². The summed E-state index contributed by atoms with van der Waals surface area (Å²) in [5, 5.41) is 0.157. The van der Waals surface area contributed by atoms with Crippen LogP contribution in [0.3, 0.4) is 0 Å². The van der Waals surface area contributed by atoms with E-state index in [-0.39, 0.29) is 29.6 Å². The Morgan fingerprint density at radius 1 is 1.08 bits per heavy atom. The van der Waals surface area contributed by atoms with Gasteiger partial charge in [-0.2, -0.15) is 0 Å². The maximum absolute atomic E-state index is 6.57. The van der Waals surface area contributed by atoms with Crippen molar-refractivity contribution in [1.29, 1.82) is 0 Å². The highest BCUT2D eigenvalue weighted by molar-refractivity contribution is 6.74. The minimum atomic E-state index is -1.88. The van der Waals surface area contributed by atoms with Crippen molar-refractivity contribution in [2.24, 2.45) is 0 Å². The molecule has 4 atom stereocenters. The topological polar surface area (TPSA) is 36.9 Å². The maximum Gasteiger partial charge on any atom is 0.193 e. The molecule has 2 saturated heterocycles. The molecule has 5 heteroatoms. The fraction of sp³-hybridized carbons (Fsp3) is 0.619. The molecule has 1 aromatic carbocycles. The molecule has 0 N–H and O–H groups in total. The summed E-state index contributed by atoms with van der Waals surface area (Å²) in [6, 6.07) is 10.1. The van der Waals surface area contributed by atoms with Crippen molar-refractivity contribution in [3.05, 3.63) is 48.2 Å². The Morgan fingerprint density at radius 2 is 1.77 bits per heavy atom. The molecular formula is C21H32O4Si. The zero-order chi connectivity index (χ0) is 18.9. The highest BCUT2D eigenvalue weighted by Crippen LogP contribution is 2.40. The molecule has 0 spiro atoms. The first-order valence-corrected chi connectivity index (χ1v) is 12.4. The zero-order valence-electron chi connectivity index (χ0n) is 16.7. The zero-order valence-corrected chi connectivity index (χ0v) is 17.7. The van der Waals surface area contributed by atoms with Crippen molar-refractivity contribution >= 4 is 8.32 Å². The van der Waals surface area contributed by atoms with Gasteiger partial charge in [0.1, 0.15) is 24.1 Å². The van der Waals surface area contributed by atoms with Crippen LogP contribution in [0.2, 0.25) is 18.1 Å². The van der Waals surface area contributed by atoms with Gasteiger partial charge in [-0.15, -0.1) is 0 Å². The molecule has 3 rings (SSSR count). The quantitative estimate of drug-likeness (QED) is 0.681. The van der Waals surface area contributed by atoms with Crippen molar-refractivity contribution in [2.45, 2.75) is 76.3 Å². The Bertz CT molecular complexity index is 623. The van der Waals surface area contributed by atoms with Gasteiger partial charge in [-0.1, -0.05) is 57.7 Å². The fourth-order valence-electron chi connectivity index (χ4n) is 3.13. The van der Waals surface area contributed by atoms with Crippen molar-refractivity contribution in [3.8, 4) is 0 Å². The van der Waals surface area contributed by atoms with Gasteiger partial charge in [0.2, 0.25) is 0 Å². The van der Waals surface area contributed by atoms with E-state index in [2.05, 4.69) is 40.4 Å². The predicted octanol–water partition coefficient (Wildman–Crippen LogP) is 5.18. The molecule has 1 aromatic rings. The molecule has 0 amide bonds. The Balaban J connectivity index is 1.67. The molecule has 2 aliphatic heterocycles. The van der Waals surface area contributed by atoms with Gasteiger partial charge in [0, 0.05) is 5.56 Å². The van der Waals surface area contributed by atoms with Crippen molar-refractivity contribution in [3.63, 3.8) is 0 Å². The van der Waals surface area contributed by atoms with Crippen LogP contribution in [0, 0.1) is 0 Å². The number of fused-ring (bicyclic) bond motifs is 1. The molecule has 26 heavy (non-hydrogen) atoms. The summed E-state index contributed by atoms with van der Waals surface area (Å²) < 4.78 is 24.8. The summed E-state index contributed by atoms with van der Waals surface area (Å²) in [7, 11) is -1.88. The smallest absolute Gasteiger partial charge is 0.193 e. The summed E-state index contributed by atoms with van der Waals surface area (Å²) >= 11 is 0. The molecule has 2 fully saturated rings. The molecular weight excluding hydrogens is 344 g/mol. The third kappa shape index (κ3) is 4.22. The van der Waals surface area contributed by atoms with Gasteiger partial charge >= 0.3 is 0 Å². The number of hydrogen-bond donors (Lipinski definition) is 0. The van der Waals surface area contributed by atoms with Crippen molar-refractivity contribution < 1.29 is 18.6 Å². The fourth-order valence-corrected chi connectivity index (χ4v) is 4.44. The number of ether oxygens (including phenoxy) is 3. The molecule has 0 radical (unpaired) electrons. The molecule has 0 unspecified atom stereocenters. The lowest BCUT2D eigenvalue weighted by molar-refractivity contribution is -0.258. The van der Waals surface area contributed by atoms with Gasteiger partial charge in [-0.25, -0.2) is 0 Å². The first kappa shape index (κ1) is 19.6. The SMILES string of the molecule is C=C1O[C@@H]2CO[C@@H](c3ccccc3)O[C@H]2CC[C@H]1O[Si](C)(C)C(C)(C)C. The van der Waals surface area contributed by atoms with Gasteiger partial charge < -0.3 is 18.6 Å². The second-order valence-electron chi connectivity index (χ2n) is 8.82. The summed E-state index contributed by atoms with van der Waals surface area (Å²) in [6.45, 7) is 16.0. The normalized spacial score (nSPS) is 30.3. The van der Waals surface area contributed by atoms with Gasteiger partial charge in [0.15, 0.2) is 14.6 Å². The molecule has 4 nitrogen and oxygen atoms in total. The number of benzene rings is 1. The van der Waals surface area contributed by atoms with Crippen LogP contribution in [0.25, 0.3) is 0 Å². The van der Waals surface area contributed by atoms with E-state index in [1.54, 1.807) is 0 Å². The Kier molecular flexibility index (Phi) is 5.63. The van der Waals surface area contributed by atoms with E-state index < -0.39 is 8.32 Å². The monoisotopic (exact) mass is 376 g/mol. The van der Waals surface area contributed by atoms with Crippen LogP contribution in [0.4, 0.5) is 0 Å².